The molecule has 3 rings (SSSR count). The van der Waals surface area contributed by atoms with Gasteiger partial charge in [0.2, 0.25) is 0 Å². The van der Waals surface area contributed by atoms with Gasteiger partial charge in [-0.15, -0.1) is 0 Å². The molecule has 1 aliphatic rings. The molecule has 0 spiro atoms. The van der Waals surface area contributed by atoms with Crippen LogP contribution >= 0.6 is 0 Å². The Hall–Kier alpha value is -1.58. The molecule has 0 aromatic carbocycles. The van der Waals surface area contributed by atoms with Crippen LogP contribution in [0, 0.1) is 5.41 Å². The van der Waals surface area contributed by atoms with Crippen LogP contribution in [0.25, 0.3) is 5.52 Å². The van der Waals surface area contributed by atoms with Crippen molar-refractivity contribution in [1.82, 2.24) is 14.6 Å². The van der Waals surface area contributed by atoms with Gasteiger partial charge in [-0.2, -0.15) is 5.10 Å². The van der Waals surface area contributed by atoms with Crippen LogP contribution < -0.4 is 5.56 Å². The molecule has 4 heteroatoms. The first-order valence-electron chi connectivity index (χ1n) is 5.13. The van der Waals surface area contributed by atoms with E-state index < -0.39 is 0 Å². The monoisotopic (exact) mass is 203 g/mol. The molecule has 2 heterocycles. The zero-order valence-corrected chi connectivity index (χ0v) is 8.87. The van der Waals surface area contributed by atoms with Crippen molar-refractivity contribution in [2.75, 3.05) is 0 Å². The van der Waals surface area contributed by atoms with Gasteiger partial charge in [0, 0.05) is 5.69 Å². The minimum atomic E-state index is -0.107. The van der Waals surface area contributed by atoms with Crippen LogP contribution in [-0.2, 0) is 12.8 Å². The Morgan fingerprint density at radius 3 is 3.07 bits per heavy atom. The highest BCUT2D eigenvalue weighted by Gasteiger charge is 2.31. The standard InChI is InChI=1S/C11H13N3O/c1-11(2)4-7-3-8-10(15)13-12-6-14(8)9(7)5-11/h3,6H,4-5H2,1-2H3,(H,13,15). The highest BCUT2D eigenvalue weighted by Crippen LogP contribution is 2.36. The van der Waals surface area contributed by atoms with Crippen molar-refractivity contribution in [2.24, 2.45) is 5.41 Å². The molecular weight excluding hydrogens is 190 g/mol. The fourth-order valence-corrected chi connectivity index (χ4v) is 2.51. The average molecular weight is 203 g/mol. The summed E-state index contributed by atoms with van der Waals surface area (Å²) in [6, 6.07) is 1.99. The van der Waals surface area contributed by atoms with Gasteiger partial charge in [0.05, 0.1) is 0 Å². The van der Waals surface area contributed by atoms with Gasteiger partial charge in [-0.25, -0.2) is 5.10 Å². The maximum atomic E-state index is 11.5. The lowest BCUT2D eigenvalue weighted by molar-refractivity contribution is 0.389. The predicted octanol–water partition coefficient (Wildman–Crippen LogP) is 1.15. The minimum Gasteiger partial charge on any atom is -0.298 e. The van der Waals surface area contributed by atoms with E-state index >= 15 is 0 Å². The first-order valence-corrected chi connectivity index (χ1v) is 5.13. The molecule has 0 unspecified atom stereocenters. The Morgan fingerprint density at radius 2 is 2.27 bits per heavy atom. The first-order chi connectivity index (χ1) is 7.07. The van der Waals surface area contributed by atoms with E-state index in [-0.39, 0.29) is 5.56 Å². The second kappa shape index (κ2) is 2.51. The molecule has 0 saturated carbocycles. The van der Waals surface area contributed by atoms with Crippen LogP contribution in [0.1, 0.15) is 25.1 Å². The van der Waals surface area contributed by atoms with Crippen molar-refractivity contribution >= 4 is 5.52 Å². The first kappa shape index (κ1) is 8.71. The summed E-state index contributed by atoms with van der Waals surface area (Å²) in [6.45, 7) is 4.50. The van der Waals surface area contributed by atoms with Gasteiger partial charge >= 0.3 is 0 Å². The van der Waals surface area contributed by atoms with Gasteiger partial charge < -0.3 is 0 Å². The molecule has 1 aliphatic carbocycles. The maximum Gasteiger partial charge on any atom is 0.288 e. The van der Waals surface area contributed by atoms with Gasteiger partial charge in [0.25, 0.3) is 5.56 Å². The van der Waals surface area contributed by atoms with Gasteiger partial charge in [0.1, 0.15) is 11.8 Å². The van der Waals surface area contributed by atoms with E-state index in [1.807, 2.05) is 10.5 Å². The van der Waals surface area contributed by atoms with Gasteiger partial charge in [-0.3, -0.25) is 9.20 Å². The molecule has 0 bridgehead atoms. The molecule has 0 amide bonds. The molecule has 2 aromatic heterocycles. The Morgan fingerprint density at radius 1 is 1.47 bits per heavy atom. The second-order valence-electron chi connectivity index (χ2n) is 5.07. The smallest absolute Gasteiger partial charge is 0.288 e. The Kier molecular flexibility index (Phi) is 1.45. The van der Waals surface area contributed by atoms with E-state index in [9.17, 15) is 4.79 Å². The summed E-state index contributed by atoms with van der Waals surface area (Å²) in [4.78, 5) is 11.5. The maximum absolute atomic E-state index is 11.5. The van der Waals surface area contributed by atoms with Crippen molar-refractivity contribution in [2.45, 2.75) is 26.7 Å². The number of aromatic nitrogens is 3. The lowest BCUT2D eigenvalue weighted by atomic mass is 9.90. The summed E-state index contributed by atoms with van der Waals surface area (Å²) < 4.78 is 1.92. The number of nitrogens with one attached hydrogen (secondary N) is 1. The van der Waals surface area contributed by atoms with Crippen LogP contribution in [-0.4, -0.2) is 14.6 Å². The van der Waals surface area contributed by atoms with Crippen molar-refractivity contribution in [3.8, 4) is 0 Å². The third kappa shape index (κ3) is 1.14. The third-order valence-electron chi connectivity index (χ3n) is 3.12. The molecule has 0 fully saturated rings. The summed E-state index contributed by atoms with van der Waals surface area (Å²) >= 11 is 0. The number of hydrogen-bond donors (Lipinski definition) is 1. The number of hydrogen-bond acceptors (Lipinski definition) is 2. The van der Waals surface area contributed by atoms with E-state index in [0.29, 0.717) is 10.9 Å². The van der Waals surface area contributed by atoms with Crippen LogP contribution in [0.5, 0.6) is 0 Å². The largest absolute Gasteiger partial charge is 0.298 e. The van der Waals surface area contributed by atoms with E-state index in [2.05, 4.69) is 24.0 Å². The number of rotatable bonds is 0. The average Bonchev–Trinajstić information content (AvgIpc) is 2.59. The van der Waals surface area contributed by atoms with Crippen molar-refractivity contribution in [3.63, 3.8) is 0 Å². The fraction of sp³-hybridized carbons (Fsp3) is 0.455. The highest BCUT2D eigenvalue weighted by atomic mass is 16.1. The van der Waals surface area contributed by atoms with Gasteiger partial charge in [-0.1, -0.05) is 13.8 Å². The van der Waals surface area contributed by atoms with Crippen molar-refractivity contribution in [3.05, 3.63) is 34.0 Å². The third-order valence-corrected chi connectivity index (χ3v) is 3.12. The number of fused-ring (bicyclic) bond motifs is 3. The van der Waals surface area contributed by atoms with Crippen LogP contribution in [0.2, 0.25) is 0 Å². The summed E-state index contributed by atoms with van der Waals surface area (Å²) in [6.07, 6.45) is 3.75. The topological polar surface area (TPSA) is 50.2 Å². The highest BCUT2D eigenvalue weighted by molar-refractivity contribution is 5.53. The van der Waals surface area contributed by atoms with Crippen LogP contribution in [0.15, 0.2) is 17.2 Å². The predicted molar refractivity (Wildman–Crippen MR) is 57.0 cm³/mol. The zero-order chi connectivity index (χ0) is 10.6. The van der Waals surface area contributed by atoms with Crippen LogP contribution in [0.4, 0.5) is 0 Å². The van der Waals surface area contributed by atoms with Gasteiger partial charge in [0.15, 0.2) is 0 Å². The van der Waals surface area contributed by atoms with E-state index in [1.54, 1.807) is 6.33 Å². The molecule has 1 N–H and O–H groups in total. The zero-order valence-electron chi connectivity index (χ0n) is 8.87. The Labute approximate surface area is 86.9 Å². The molecule has 0 aliphatic heterocycles. The SMILES string of the molecule is CC1(C)Cc2cc3c(=O)[nH]ncn3c2C1. The Bertz CT molecular complexity index is 591. The summed E-state index contributed by atoms with van der Waals surface area (Å²) in [7, 11) is 0. The quantitative estimate of drug-likeness (QED) is 0.698. The molecular formula is C11H13N3O. The second-order valence-corrected chi connectivity index (χ2v) is 5.07. The molecule has 0 saturated heterocycles. The molecule has 15 heavy (non-hydrogen) atoms. The molecule has 78 valence electrons. The summed E-state index contributed by atoms with van der Waals surface area (Å²) in [5.74, 6) is 0. The fourth-order valence-electron chi connectivity index (χ4n) is 2.51. The summed E-state index contributed by atoms with van der Waals surface area (Å²) in [5, 5.41) is 6.29. The number of aromatic amines is 1. The summed E-state index contributed by atoms with van der Waals surface area (Å²) in [5.41, 5.74) is 3.45. The van der Waals surface area contributed by atoms with Crippen molar-refractivity contribution in [1.29, 1.82) is 0 Å². The lowest BCUT2D eigenvalue weighted by Crippen LogP contribution is -2.14. The lowest BCUT2D eigenvalue weighted by Gasteiger charge is -2.15. The number of nitrogens with zero attached hydrogens (tertiary/aromatic N) is 2. The molecule has 2 aromatic rings. The van der Waals surface area contributed by atoms with Gasteiger partial charge in [-0.05, 0) is 29.9 Å². The molecule has 0 atom stereocenters. The Balaban J connectivity index is 2.33. The van der Waals surface area contributed by atoms with E-state index in [4.69, 9.17) is 0 Å². The van der Waals surface area contributed by atoms with Crippen molar-refractivity contribution < 1.29 is 0 Å². The van der Waals surface area contributed by atoms with E-state index in [0.717, 1.165) is 12.8 Å². The van der Waals surface area contributed by atoms with Crippen LogP contribution in [0.3, 0.4) is 0 Å². The minimum absolute atomic E-state index is 0.107. The number of H-pyrrole nitrogens is 1. The van der Waals surface area contributed by atoms with E-state index in [1.165, 1.54) is 11.3 Å². The molecule has 4 nitrogen and oxygen atoms in total. The molecule has 0 radical (unpaired) electrons. The normalized spacial score (nSPS) is 18.3.